The zero-order valence-corrected chi connectivity index (χ0v) is 15.0. The molecule has 0 saturated heterocycles. The van der Waals surface area contributed by atoms with E-state index in [1.807, 2.05) is 37.3 Å². The Labute approximate surface area is 160 Å². The number of phenols is 1. The fraction of sp³-hybridized carbons (Fsp3) is 0.0435. The number of aryl methyl sites for hydroxylation is 1. The molecule has 28 heavy (non-hydrogen) atoms. The summed E-state index contributed by atoms with van der Waals surface area (Å²) in [7, 11) is 0. The Morgan fingerprint density at radius 2 is 1.68 bits per heavy atom. The summed E-state index contributed by atoms with van der Waals surface area (Å²) >= 11 is 0. The molecule has 1 aromatic heterocycles. The van der Waals surface area contributed by atoms with Crippen LogP contribution < -0.4 is 10.2 Å². The molecule has 138 valence electrons. The van der Waals surface area contributed by atoms with Crippen molar-refractivity contribution in [1.82, 2.24) is 0 Å². The van der Waals surface area contributed by atoms with E-state index in [0.29, 0.717) is 11.3 Å². The van der Waals surface area contributed by atoms with E-state index in [1.165, 1.54) is 18.2 Å². The van der Waals surface area contributed by atoms with Crippen LogP contribution in [0.1, 0.15) is 15.9 Å². The van der Waals surface area contributed by atoms with Crippen molar-refractivity contribution < 1.29 is 19.1 Å². The van der Waals surface area contributed by atoms with E-state index < -0.39 is 5.97 Å². The minimum atomic E-state index is -0.569. The van der Waals surface area contributed by atoms with Crippen LogP contribution in [-0.4, -0.2) is 11.1 Å². The van der Waals surface area contributed by atoms with E-state index in [2.05, 4.69) is 0 Å². The van der Waals surface area contributed by atoms with Crippen molar-refractivity contribution in [3.63, 3.8) is 0 Å². The molecule has 0 saturated carbocycles. The molecule has 4 aromatic rings. The Bertz CT molecular complexity index is 1220. The maximum Gasteiger partial charge on any atom is 0.343 e. The Kier molecular flexibility index (Phi) is 4.41. The van der Waals surface area contributed by atoms with E-state index in [0.717, 1.165) is 11.1 Å². The number of phenolic OH excluding ortho intramolecular Hbond substituents is 1. The highest BCUT2D eigenvalue weighted by Crippen LogP contribution is 2.31. The number of benzene rings is 3. The van der Waals surface area contributed by atoms with Gasteiger partial charge in [0.1, 0.15) is 28.2 Å². The molecule has 1 N–H and O–H groups in total. The molecule has 0 amide bonds. The zero-order valence-electron chi connectivity index (χ0n) is 15.0. The third-order valence-electron chi connectivity index (χ3n) is 4.34. The van der Waals surface area contributed by atoms with Crippen LogP contribution in [0.15, 0.2) is 82.0 Å². The van der Waals surface area contributed by atoms with Crippen LogP contribution in [-0.2, 0) is 0 Å². The van der Waals surface area contributed by atoms with Gasteiger partial charge in [-0.3, -0.25) is 4.79 Å². The fourth-order valence-electron chi connectivity index (χ4n) is 2.90. The van der Waals surface area contributed by atoms with Crippen molar-refractivity contribution in [1.29, 1.82) is 0 Å². The van der Waals surface area contributed by atoms with Crippen molar-refractivity contribution >= 4 is 16.9 Å². The Morgan fingerprint density at radius 1 is 0.964 bits per heavy atom. The van der Waals surface area contributed by atoms with E-state index in [9.17, 15) is 14.7 Å². The molecule has 0 atom stereocenters. The standard InChI is InChI=1S/C23H16O5/c1-14-7-9-16(10-8-14)23(26)27-17-11-18(24)22-19(25)13-20(28-21(22)12-17)15-5-3-2-4-6-15/h2-13,24H,1H3. The molecule has 0 aliphatic carbocycles. The topological polar surface area (TPSA) is 76.7 Å². The highest BCUT2D eigenvalue weighted by Gasteiger charge is 2.15. The van der Waals surface area contributed by atoms with Gasteiger partial charge in [0.05, 0.1) is 5.56 Å². The summed E-state index contributed by atoms with van der Waals surface area (Å²) in [6, 6.07) is 20.1. The lowest BCUT2D eigenvalue weighted by Gasteiger charge is -2.08. The Morgan fingerprint density at radius 3 is 2.39 bits per heavy atom. The number of esters is 1. The molecular weight excluding hydrogens is 356 g/mol. The molecule has 5 heteroatoms. The number of hydrogen-bond donors (Lipinski definition) is 1. The highest BCUT2D eigenvalue weighted by atomic mass is 16.5. The second kappa shape index (κ2) is 7.04. The van der Waals surface area contributed by atoms with Crippen molar-refractivity contribution in [2.45, 2.75) is 6.92 Å². The molecule has 0 aliphatic heterocycles. The first-order valence-corrected chi connectivity index (χ1v) is 8.66. The molecular formula is C23H16O5. The molecule has 0 aliphatic rings. The summed E-state index contributed by atoms with van der Waals surface area (Å²) in [4.78, 5) is 24.8. The van der Waals surface area contributed by atoms with Crippen LogP contribution in [0.4, 0.5) is 0 Å². The lowest BCUT2D eigenvalue weighted by atomic mass is 10.1. The second-order valence-electron chi connectivity index (χ2n) is 6.41. The lowest BCUT2D eigenvalue weighted by molar-refractivity contribution is 0.0735. The Hall–Kier alpha value is -3.86. The van der Waals surface area contributed by atoms with Gasteiger partial charge in [-0.15, -0.1) is 0 Å². The van der Waals surface area contributed by atoms with Gasteiger partial charge in [-0.05, 0) is 19.1 Å². The third-order valence-corrected chi connectivity index (χ3v) is 4.34. The first kappa shape index (κ1) is 17.5. The predicted octanol–water partition coefficient (Wildman–Crippen LogP) is 4.69. The summed E-state index contributed by atoms with van der Waals surface area (Å²) < 4.78 is 11.2. The summed E-state index contributed by atoms with van der Waals surface area (Å²) in [6.45, 7) is 1.92. The molecule has 4 rings (SSSR count). The van der Waals surface area contributed by atoms with Crippen LogP contribution in [0.5, 0.6) is 11.5 Å². The molecule has 1 heterocycles. The SMILES string of the molecule is Cc1ccc(C(=O)Oc2cc(O)c3c(=O)cc(-c4ccccc4)oc3c2)cc1. The normalized spacial score (nSPS) is 10.8. The van der Waals surface area contributed by atoms with Gasteiger partial charge < -0.3 is 14.3 Å². The number of aromatic hydroxyl groups is 1. The van der Waals surface area contributed by atoms with E-state index in [4.69, 9.17) is 9.15 Å². The smallest absolute Gasteiger partial charge is 0.343 e. The Balaban J connectivity index is 1.75. The van der Waals surface area contributed by atoms with E-state index in [-0.39, 0.29) is 27.9 Å². The average molecular weight is 372 g/mol. The molecule has 0 bridgehead atoms. The number of carbonyl (C=O) groups is 1. The monoisotopic (exact) mass is 372 g/mol. The van der Waals surface area contributed by atoms with Gasteiger partial charge in [0.15, 0.2) is 5.43 Å². The molecule has 0 radical (unpaired) electrons. The average Bonchev–Trinajstić information content (AvgIpc) is 2.68. The molecule has 0 fully saturated rings. The largest absolute Gasteiger partial charge is 0.507 e. The predicted molar refractivity (Wildman–Crippen MR) is 106 cm³/mol. The third kappa shape index (κ3) is 3.38. The molecule has 0 unspecified atom stereocenters. The summed E-state index contributed by atoms with van der Waals surface area (Å²) in [6.07, 6.45) is 0. The number of hydrogen-bond acceptors (Lipinski definition) is 5. The molecule has 5 nitrogen and oxygen atoms in total. The quantitative estimate of drug-likeness (QED) is 0.417. The maximum atomic E-state index is 12.5. The molecule has 3 aromatic carbocycles. The second-order valence-corrected chi connectivity index (χ2v) is 6.41. The molecule has 0 spiro atoms. The van der Waals surface area contributed by atoms with Crippen LogP contribution in [0.2, 0.25) is 0 Å². The van der Waals surface area contributed by atoms with Gasteiger partial charge in [0.2, 0.25) is 0 Å². The van der Waals surface area contributed by atoms with E-state index >= 15 is 0 Å². The fourth-order valence-corrected chi connectivity index (χ4v) is 2.90. The summed E-state index contributed by atoms with van der Waals surface area (Å²) in [5.74, 6) is -0.429. The summed E-state index contributed by atoms with van der Waals surface area (Å²) in [5, 5.41) is 10.3. The van der Waals surface area contributed by atoms with Crippen molar-refractivity contribution in [2.75, 3.05) is 0 Å². The van der Waals surface area contributed by atoms with Gasteiger partial charge in [-0.25, -0.2) is 4.79 Å². The van der Waals surface area contributed by atoms with Gasteiger partial charge in [-0.1, -0.05) is 48.0 Å². The number of ether oxygens (including phenoxy) is 1. The van der Waals surface area contributed by atoms with Crippen molar-refractivity contribution in [3.05, 3.63) is 94.1 Å². The minimum absolute atomic E-state index is 0.0369. The number of carbonyl (C=O) groups excluding carboxylic acids is 1. The highest BCUT2D eigenvalue weighted by molar-refractivity contribution is 5.92. The lowest BCUT2D eigenvalue weighted by Crippen LogP contribution is -2.09. The summed E-state index contributed by atoms with van der Waals surface area (Å²) in [5.41, 5.74) is 1.88. The van der Waals surface area contributed by atoms with Crippen LogP contribution in [0.25, 0.3) is 22.3 Å². The van der Waals surface area contributed by atoms with E-state index in [1.54, 1.807) is 24.3 Å². The van der Waals surface area contributed by atoms with Gasteiger partial charge >= 0.3 is 5.97 Å². The first-order valence-electron chi connectivity index (χ1n) is 8.66. The van der Waals surface area contributed by atoms with Crippen LogP contribution in [0, 0.1) is 6.92 Å². The van der Waals surface area contributed by atoms with Gasteiger partial charge in [0, 0.05) is 23.8 Å². The van der Waals surface area contributed by atoms with Gasteiger partial charge in [-0.2, -0.15) is 0 Å². The van der Waals surface area contributed by atoms with Crippen molar-refractivity contribution in [2.24, 2.45) is 0 Å². The number of fused-ring (bicyclic) bond motifs is 1. The number of rotatable bonds is 3. The van der Waals surface area contributed by atoms with Crippen LogP contribution >= 0.6 is 0 Å². The van der Waals surface area contributed by atoms with Crippen LogP contribution in [0.3, 0.4) is 0 Å². The van der Waals surface area contributed by atoms with Crippen molar-refractivity contribution in [3.8, 4) is 22.8 Å². The zero-order chi connectivity index (χ0) is 19.7. The minimum Gasteiger partial charge on any atom is -0.507 e. The first-order chi connectivity index (χ1) is 13.5. The van der Waals surface area contributed by atoms with Gasteiger partial charge in [0.25, 0.3) is 0 Å². The maximum absolute atomic E-state index is 12.5.